The van der Waals surface area contributed by atoms with Gasteiger partial charge in [0.05, 0.1) is 18.6 Å². The molecule has 0 radical (unpaired) electrons. The van der Waals surface area contributed by atoms with Crippen LogP contribution in [-0.2, 0) is 28.5 Å². The number of carboxylic acids is 1. The van der Waals surface area contributed by atoms with Crippen LogP contribution in [0, 0.1) is 5.92 Å². The van der Waals surface area contributed by atoms with Crippen LogP contribution >= 0.6 is 0 Å². The van der Waals surface area contributed by atoms with E-state index in [1.165, 1.54) is 17.7 Å². The zero-order chi connectivity index (χ0) is 24.1. The monoisotopic (exact) mass is 458 g/mol. The number of epoxide rings is 2. The number of esters is 1. The first-order valence-electron chi connectivity index (χ1n) is 11.3. The Hall–Kier alpha value is -2.48. The lowest BCUT2D eigenvalue weighted by Crippen LogP contribution is -2.55. The first-order valence-corrected chi connectivity index (χ1v) is 11.3. The van der Waals surface area contributed by atoms with Gasteiger partial charge in [-0.2, -0.15) is 0 Å². The van der Waals surface area contributed by atoms with Crippen molar-refractivity contribution in [3.05, 3.63) is 60.3 Å². The third kappa shape index (κ3) is 6.31. The minimum Gasteiger partial charge on any atom is -0.478 e. The van der Waals surface area contributed by atoms with E-state index in [-0.39, 0.29) is 35.4 Å². The van der Waals surface area contributed by atoms with Crippen LogP contribution in [-0.4, -0.2) is 60.3 Å². The van der Waals surface area contributed by atoms with Crippen molar-refractivity contribution in [2.24, 2.45) is 5.92 Å². The Bertz CT molecular complexity index is 873. The van der Waals surface area contributed by atoms with Crippen molar-refractivity contribution in [3.63, 3.8) is 0 Å². The summed E-state index contributed by atoms with van der Waals surface area (Å²) in [5.41, 5.74) is 0.642. The number of rotatable bonds is 10. The van der Waals surface area contributed by atoms with E-state index in [1.807, 2.05) is 0 Å². The zero-order valence-electron chi connectivity index (χ0n) is 19.7. The first kappa shape index (κ1) is 25.1. The standard InChI is InChI=1S/C26H34O7/c1-18(2)13-14-20-25(3,33-20)24-23(30-4)19(15-16-26(24)17-31-26)32-22(29)12-10-8-6-5-7-9-11-21(27)28/h5-13,19-20,23-24H,14-17H2,1-4H3,(H,27,28)/t19-,20+,23-,24-,25+,26+/m1/s1. The summed E-state index contributed by atoms with van der Waals surface area (Å²) in [7, 11) is 1.65. The van der Waals surface area contributed by atoms with Crippen molar-refractivity contribution in [1.82, 2.24) is 0 Å². The Balaban J connectivity index is 1.59. The van der Waals surface area contributed by atoms with Crippen LogP contribution in [0.2, 0.25) is 0 Å². The van der Waals surface area contributed by atoms with Gasteiger partial charge in [-0.05, 0) is 40.0 Å². The average Bonchev–Trinajstić information content (AvgIpc) is 3.67. The van der Waals surface area contributed by atoms with Gasteiger partial charge in [0.15, 0.2) is 0 Å². The van der Waals surface area contributed by atoms with Crippen molar-refractivity contribution in [2.75, 3.05) is 13.7 Å². The molecule has 0 aromatic carbocycles. The lowest BCUT2D eigenvalue weighted by molar-refractivity contribution is -0.166. The second-order valence-corrected chi connectivity index (χ2v) is 9.18. The molecule has 2 heterocycles. The minimum absolute atomic E-state index is 0.00928. The van der Waals surface area contributed by atoms with E-state index in [9.17, 15) is 9.59 Å². The molecule has 0 aromatic rings. The highest BCUT2D eigenvalue weighted by atomic mass is 16.6. The smallest absolute Gasteiger partial charge is 0.331 e. The second kappa shape index (κ2) is 10.6. The topological polar surface area (TPSA) is 97.9 Å². The molecule has 1 saturated carbocycles. The van der Waals surface area contributed by atoms with Gasteiger partial charge in [0, 0.05) is 19.3 Å². The highest BCUT2D eigenvalue weighted by Crippen LogP contribution is 2.59. The molecule has 2 saturated heterocycles. The molecule has 0 amide bonds. The normalized spacial score (nSPS) is 35.6. The summed E-state index contributed by atoms with van der Waals surface area (Å²) in [5, 5.41) is 8.51. The number of hydrogen-bond donors (Lipinski definition) is 1. The zero-order valence-corrected chi connectivity index (χ0v) is 19.7. The minimum atomic E-state index is -1.00. The summed E-state index contributed by atoms with van der Waals surface area (Å²) in [4.78, 5) is 22.8. The van der Waals surface area contributed by atoms with E-state index in [4.69, 9.17) is 24.1 Å². The molecule has 3 rings (SSSR count). The van der Waals surface area contributed by atoms with E-state index < -0.39 is 11.9 Å². The van der Waals surface area contributed by atoms with Gasteiger partial charge in [0.2, 0.25) is 0 Å². The predicted molar refractivity (Wildman–Crippen MR) is 124 cm³/mol. The molecule has 1 N–H and O–H groups in total. The molecule has 6 atom stereocenters. The van der Waals surface area contributed by atoms with Crippen molar-refractivity contribution in [1.29, 1.82) is 0 Å². The first-order chi connectivity index (χ1) is 15.7. The molecule has 7 heteroatoms. The summed E-state index contributed by atoms with van der Waals surface area (Å²) in [5.74, 6) is -1.45. The fourth-order valence-electron chi connectivity index (χ4n) is 4.79. The molecule has 2 aliphatic heterocycles. The van der Waals surface area contributed by atoms with Gasteiger partial charge in [-0.1, -0.05) is 48.1 Å². The number of aliphatic carboxylic acids is 1. The highest BCUT2D eigenvalue weighted by Gasteiger charge is 2.72. The van der Waals surface area contributed by atoms with Gasteiger partial charge in [-0.15, -0.1) is 0 Å². The molecule has 1 spiro atoms. The number of carboxylic acid groups (broad SMARTS) is 1. The number of hydrogen-bond acceptors (Lipinski definition) is 6. The van der Waals surface area contributed by atoms with E-state index in [0.717, 1.165) is 18.9 Å². The van der Waals surface area contributed by atoms with Crippen molar-refractivity contribution in [2.45, 2.75) is 69.5 Å². The third-order valence-electron chi connectivity index (χ3n) is 6.53. The number of ether oxygens (including phenoxy) is 4. The van der Waals surface area contributed by atoms with Crippen LogP contribution in [0.15, 0.2) is 60.3 Å². The maximum absolute atomic E-state index is 12.4. The van der Waals surface area contributed by atoms with Gasteiger partial charge in [0.1, 0.15) is 23.4 Å². The lowest BCUT2D eigenvalue weighted by Gasteiger charge is -2.42. The van der Waals surface area contributed by atoms with Gasteiger partial charge in [0.25, 0.3) is 0 Å². The summed E-state index contributed by atoms with van der Waals surface area (Å²) >= 11 is 0. The van der Waals surface area contributed by atoms with Crippen LogP contribution in [0.4, 0.5) is 0 Å². The Morgan fingerprint density at radius 2 is 1.73 bits per heavy atom. The summed E-state index contributed by atoms with van der Waals surface area (Å²) < 4.78 is 23.8. The molecule has 180 valence electrons. The SMILES string of the molecule is CO[C@@H]1[C@H](OC(=O)C=CC=CC=CC=CC(=O)O)CC[C@]2(CO2)[C@H]1[C@@]1(C)O[C@H]1CC=C(C)C. The summed E-state index contributed by atoms with van der Waals surface area (Å²) in [6.07, 6.45) is 16.0. The molecule has 33 heavy (non-hydrogen) atoms. The number of allylic oxidation sites excluding steroid dienone is 7. The Kier molecular flexibility index (Phi) is 8.10. The maximum Gasteiger partial charge on any atom is 0.331 e. The number of methoxy groups -OCH3 is 1. The molecule has 3 aliphatic rings. The lowest BCUT2D eigenvalue weighted by atomic mass is 9.68. The summed E-state index contributed by atoms with van der Waals surface area (Å²) in [6.45, 7) is 6.96. The Morgan fingerprint density at radius 3 is 2.30 bits per heavy atom. The second-order valence-electron chi connectivity index (χ2n) is 9.18. The molecule has 1 aliphatic carbocycles. The van der Waals surface area contributed by atoms with Gasteiger partial charge in [-0.25, -0.2) is 9.59 Å². The predicted octanol–water partition coefficient (Wildman–Crippen LogP) is 3.92. The Morgan fingerprint density at radius 1 is 1.09 bits per heavy atom. The van der Waals surface area contributed by atoms with Gasteiger partial charge >= 0.3 is 11.9 Å². The largest absolute Gasteiger partial charge is 0.478 e. The van der Waals surface area contributed by atoms with Crippen LogP contribution in [0.5, 0.6) is 0 Å². The fraction of sp³-hybridized carbons (Fsp3) is 0.538. The van der Waals surface area contributed by atoms with Gasteiger partial charge < -0.3 is 24.1 Å². The van der Waals surface area contributed by atoms with Crippen molar-refractivity contribution >= 4 is 11.9 Å². The Labute approximate surface area is 195 Å². The quantitative estimate of drug-likeness (QED) is 0.174. The summed E-state index contributed by atoms with van der Waals surface area (Å²) in [6, 6.07) is 0. The molecule has 0 bridgehead atoms. The van der Waals surface area contributed by atoms with Crippen molar-refractivity contribution in [3.8, 4) is 0 Å². The number of carbonyl (C=O) groups is 2. The highest BCUT2D eigenvalue weighted by molar-refractivity contribution is 5.82. The molecular formula is C26H34O7. The van der Waals surface area contributed by atoms with Crippen LogP contribution < -0.4 is 0 Å². The van der Waals surface area contributed by atoms with Crippen LogP contribution in [0.3, 0.4) is 0 Å². The molecular weight excluding hydrogens is 424 g/mol. The molecule has 7 nitrogen and oxygen atoms in total. The fourth-order valence-corrected chi connectivity index (χ4v) is 4.79. The third-order valence-corrected chi connectivity index (χ3v) is 6.53. The molecule has 3 fully saturated rings. The molecule has 0 aromatic heterocycles. The van der Waals surface area contributed by atoms with Crippen LogP contribution in [0.1, 0.15) is 40.0 Å². The van der Waals surface area contributed by atoms with E-state index in [0.29, 0.717) is 13.0 Å². The average molecular weight is 459 g/mol. The number of carbonyl (C=O) groups excluding carboxylic acids is 1. The van der Waals surface area contributed by atoms with E-state index >= 15 is 0 Å². The van der Waals surface area contributed by atoms with Crippen molar-refractivity contribution < 1.29 is 33.6 Å². The van der Waals surface area contributed by atoms with E-state index in [2.05, 4.69) is 26.8 Å². The van der Waals surface area contributed by atoms with E-state index in [1.54, 1.807) is 37.5 Å². The van der Waals surface area contributed by atoms with Gasteiger partial charge in [-0.3, -0.25) is 0 Å². The maximum atomic E-state index is 12.4. The molecule has 0 unspecified atom stereocenters. The van der Waals surface area contributed by atoms with Crippen LogP contribution in [0.25, 0.3) is 0 Å².